The van der Waals surface area contributed by atoms with Gasteiger partial charge in [-0.25, -0.2) is 0 Å². The largest absolute Gasteiger partial charge is 0.310 e. The Balaban J connectivity index is 1.87. The molecule has 0 radical (unpaired) electrons. The van der Waals surface area contributed by atoms with Crippen LogP contribution >= 0.6 is 0 Å². The molecule has 1 aromatic rings. The standard InChI is InChI=1S/C15H23N/c1-3-14-8-5-9-15(14)16-11-13-7-4-6-12(2)10-13/h4,6-7,10,14-16H,3,5,8-9,11H2,1-2H3. The van der Waals surface area contributed by atoms with Crippen molar-refractivity contribution in [3.8, 4) is 0 Å². The maximum atomic E-state index is 3.73. The second kappa shape index (κ2) is 5.49. The number of hydrogen-bond donors (Lipinski definition) is 1. The highest BCUT2D eigenvalue weighted by molar-refractivity contribution is 5.22. The van der Waals surface area contributed by atoms with Crippen molar-refractivity contribution in [3.05, 3.63) is 35.4 Å². The van der Waals surface area contributed by atoms with Gasteiger partial charge in [0.25, 0.3) is 0 Å². The average Bonchev–Trinajstić information content (AvgIpc) is 2.74. The van der Waals surface area contributed by atoms with E-state index in [1.165, 1.54) is 36.8 Å². The predicted molar refractivity (Wildman–Crippen MR) is 69.4 cm³/mol. The van der Waals surface area contributed by atoms with Gasteiger partial charge in [0.05, 0.1) is 0 Å². The minimum atomic E-state index is 0.755. The summed E-state index contributed by atoms with van der Waals surface area (Å²) in [6, 6.07) is 9.57. The molecule has 0 aromatic heterocycles. The van der Waals surface area contributed by atoms with Gasteiger partial charge in [-0.1, -0.05) is 49.6 Å². The molecule has 2 atom stereocenters. The number of rotatable bonds is 4. The Morgan fingerprint density at radius 1 is 1.31 bits per heavy atom. The molecule has 1 aliphatic carbocycles. The van der Waals surface area contributed by atoms with Gasteiger partial charge in [-0.15, -0.1) is 0 Å². The molecule has 1 fully saturated rings. The lowest BCUT2D eigenvalue weighted by Crippen LogP contribution is -2.31. The smallest absolute Gasteiger partial charge is 0.0208 e. The molecule has 1 saturated carbocycles. The summed E-state index contributed by atoms with van der Waals surface area (Å²) in [4.78, 5) is 0. The quantitative estimate of drug-likeness (QED) is 0.811. The van der Waals surface area contributed by atoms with Crippen LogP contribution in [0.1, 0.15) is 43.7 Å². The van der Waals surface area contributed by atoms with Crippen LogP contribution in [0.15, 0.2) is 24.3 Å². The molecule has 2 unspecified atom stereocenters. The number of aryl methyl sites for hydroxylation is 1. The van der Waals surface area contributed by atoms with Crippen molar-refractivity contribution in [2.45, 2.75) is 52.1 Å². The molecule has 1 nitrogen and oxygen atoms in total. The Morgan fingerprint density at radius 2 is 2.19 bits per heavy atom. The Labute approximate surface area is 99.3 Å². The van der Waals surface area contributed by atoms with Crippen LogP contribution in [0.4, 0.5) is 0 Å². The number of hydrogen-bond acceptors (Lipinski definition) is 1. The van der Waals surface area contributed by atoms with Crippen molar-refractivity contribution in [1.82, 2.24) is 5.32 Å². The Hall–Kier alpha value is -0.820. The SMILES string of the molecule is CCC1CCCC1NCc1cccc(C)c1. The van der Waals surface area contributed by atoms with Gasteiger partial charge in [0.2, 0.25) is 0 Å². The van der Waals surface area contributed by atoms with E-state index >= 15 is 0 Å². The summed E-state index contributed by atoms with van der Waals surface area (Å²) >= 11 is 0. The zero-order valence-electron chi connectivity index (χ0n) is 10.5. The van der Waals surface area contributed by atoms with Crippen molar-refractivity contribution in [3.63, 3.8) is 0 Å². The fourth-order valence-corrected chi connectivity index (χ4v) is 2.87. The highest BCUT2D eigenvalue weighted by Gasteiger charge is 2.24. The van der Waals surface area contributed by atoms with E-state index < -0.39 is 0 Å². The van der Waals surface area contributed by atoms with E-state index in [-0.39, 0.29) is 0 Å². The molecule has 2 rings (SSSR count). The van der Waals surface area contributed by atoms with Crippen LogP contribution in [0.2, 0.25) is 0 Å². The van der Waals surface area contributed by atoms with E-state index in [1.54, 1.807) is 0 Å². The van der Waals surface area contributed by atoms with Gasteiger partial charge < -0.3 is 5.32 Å². The lowest BCUT2D eigenvalue weighted by Gasteiger charge is -2.19. The average molecular weight is 217 g/mol. The molecule has 0 bridgehead atoms. The van der Waals surface area contributed by atoms with E-state index in [9.17, 15) is 0 Å². The second-order valence-corrected chi connectivity index (χ2v) is 5.08. The maximum absolute atomic E-state index is 3.73. The summed E-state index contributed by atoms with van der Waals surface area (Å²) in [5.41, 5.74) is 2.78. The van der Waals surface area contributed by atoms with Crippen molar-refractivity contribution < 1.29 is 0 Å². The predicted octanol–water partition coefficient (Wildman–Crippen LogP) is 3.66. The Kier molecular flexibility index (Phi) is 4.00. The van der Waals surface area contributed by atoms with E-state index in [0.29, 0.717) is 0 Å². The van der Waals surface area contributed by atoms with Crippen molar-refractivity contribution in [1.29, 1.82) is 0 Å². The van der Waals surface area contributed by atoms with E-state index in [1.807, 2.05) is 0 Å². The zero-order valence-corrected chi connectivity index (χ0v) is 10.5. The van der Waals surface area contributed by atoms with E-state index in [0.717, 1.165) is 18.5 Å². The summed E-state index contributed by atoms with van der Waals surface area (Å²) < 4.78 is 0. The third-order valence-electron chi connectivity index (χ3n) is 3.83. The van der Waals surface area contributed by atoms with Gasteiger partial charge in [-0.2, -0.15) is 0 Å². The molecular formula is C15H23N. The Bertz CT molecular complexity index is 332. The number of benzene rings is 1. The minimum absolute atomic E-state index is 0.755. The fraction of sp³-hybridized carbons (Fsp3) is 0.600. The van der Waals surface area contributed by atoms with Crippen LogP contribution in [0.5, 0.6) is 0 Å². The molecule has 16 heavy (non-hydrogen) atoms. The molecule has 1 heteroatoms. The highest BCUT2D eigenvalue weighted by atomic mass is 14.9. The lowest BCUT2D eigenvalue weighted by molar-refractivity contribution is 0.389. The molecular weight excluding hydrogens is 194 g/mol. The summed E-state index contributed by atoms with van der Waals surface area (Å²) in [5, 5.41) is 3.73. The molecule has 0 heterocycles. The van der Waals surface area contributed by atoms with Gasteiger partial charge in [0.15, 0.2) is 0 Å². The van der Waals surface area contributed by atoms with Crippen molar-refractivity contribution in [2.24, 2.45) is 5.92 Å². The van der Waals surface area contributed by atoms with Gasteiger partial charge in [-0.3, -0.25) is 0 Å². The zero-order chi connectivity index (χ0) is 11.4. The van der Waals surface area contributed by atoms with Crippen LogP contribution < -0.4 is 5.32 Å². The van der Waals surface area contributed by atoms with E-state index in [4.69, 9.17) is 0 Å². The molecule has 0 aliphatic heterocycles. The second-order valence-electron chi connectivity index (χ2n) is 5.08. The van der Waals surface area contributed by atoms with Gasteiger partial charge in [0, 0.05) is 12.6 Å². The third-order valence-corrected chi connectivity index (χ3v) is 3.83. The van der Waals surface area contributed by atoms with Gasteiger partial charge in [-0.05, 0) is 31.2 Å². The van der Waals surface area contributed by atoms with Crippen molar-refractivity contribution >= 4 is 0 Å². The van der Waals surface area contributed by atoms with Crippen LogP contribution in [-0.2, 0) is 6.54 Å². The minimum Gasteiger partial charge on any atom is -0.310 e. The molecule has 0 saturated heterocycles. The molecule has 1 N–H and O–H groups in total. The lowest BCUT2D eigenvalue weighted by atomic mass is 10.0. The first kappa shape index (κ1) is 11.7. The summed E-state index contributed by atoms with van der Waals surface area (Å²) in [6.07, 6.45) is 5.52. The Morgan fingerprint density at radius 3 is 2.94 bits per heavy atom. The monoisotopic (exact) mass is 217 g/mol. The van der Waals surface area contributed by atoms with Crippen LogP contribution in [0.3, 0.4) is 0 Å². The van der Waals surface area contributed by atoms with Crippen LogP contribution in [-0.4, -0.2) is 6.04 Å². The highest BCUT2D eigenvalue weighted by Crippen LogP contribution is 2.28. The van der Waals surface area contributed by atoms with E-state index in [2.05, 4.69) is 43.4 Å². The summed E-state index contributed by atoms with van der Waals surface area (Å²) in [7, 11) is 0. The maximum Gasteiger partial charge on any atom is 0.0208 e. The first-order valence-corrected chi connectivity index (χ1v) is 6.58. The van der Waals surface area contributed by atoms with Crippen LogP contribution in [0, 0.1) is 12.8 Å². The first-order chi connectivity index (χ1) is 7.79. The summed E-state index contributed by atoms with van der Waals surface area (Å²) in [5.74, 6) is 0.907. The van der Waals surface area contributed by atoms with Crippen molar-refractivity contribution in [2.75, 3.05) is 0 Å². The van der Waals surface area contributed by atoms with Gasteiger partial charge in [0.1, 0.15) is 0 Å². The van der Waals surface area contributed by atoms with Crippen LogP contribution in [0.25, 0.3) is 0 Å². The molecule has 1 aliphatic rings. The topological polar surface area (TPSA) is 12.0 Å². The third kappa shape index (κ3) is 2.85. The molecule has 1 aromatic carbocycles. The molecule has 0 spiro atoms. The fourth-order valence-electron chi connectivity index (χ4n) is 2.87. The number of nitrogens with one attached hydrogen (secondary N) is 1. The summed E-state index contributed by atoms with van der Waals surface area (Å²) in [6.45, 7) is 5.51. The molecule has 88 valence electrons. The molecule has 0 amide bonds. The van der Waals surface area contributed by atoms with Gasteiger partial charge >= 0.3 is 0 Å². The first-order valence-electron chi connectivity index (χ1n) is 6.58. The normalized spacial score (nSPS) is 24.9.